The summed E-state index contributed by atoms with van der Waals surface area (Å²) in [4.78, 5) is 18.8. The standard InChI is InChI=1S/C28H27N3O3S2/c1-18-8-4-6-10-21(18)17-26(32)29-28-30-27(20(3)35-28)23-12-13-24-22(16-23)14-15-31(24)36(33,34)25-11-7-5-9-19(25)2/h4-13,16H,14-15,17H2,1-3H3,(H-,29,30,32,33,34)/p+1. The van der Waals surface area contributed by atoms with Crippen molar-refractivity contribution in [2.75, 3.05) is 16.2 Å². The molecule has 0 radical (unpaired) electrons. The van der Waals surface area contributed by atoms with Crippen molar-refractivity contribution in [3.05, 3.63) is 93.9 Å². The van der Waals surface area contributed by atoms with Gasteiger partial charge in [-0.3, -0.25) is 4.79 Å². The summed E-state index contributed by atoms with van der Waals surface area (Å²) in [6.07, 6.45) is 0.979. The lowest BCUT2D eigenvalue weighted by Crippen LogP contribution is -2.35. The number of amides is 1. The molecule has 1 aliphatic heterocycles. The van der Waals surface area contributed by atoms with Crippen molar-refractivity contribution in [1.82, 2.24) is 4.98 Å². The summed E-state index contributed by atoms with van der Waals surface area (Å²) in [5, 5.41) is 3.51. The van der Waals surface area contributed by atoms with E-state index in [0.29, 0.717) is 29.4 Å². The van der Waals surface area contributed by atoms with Crippen molar-refractivity contribution in [3.63, 3.8) is 0 Å². The number of nitrogens with zero attached hydrogens (tertiary/aromatic N) is 2. The van der Waals surface area contributed by atoms with Crippen molar-refractivity contribution in [1.29, 1.82) is 0 Å². The molecule has 8 heteroatoms. The highest BCUT2D eigenvalue weighted by Crippen LogP contribution is 2.39. The van der Waals surface area contributed by atoms with Gasteiger partial charge in [0.05, 0.1) is 24.3 Å². The number of carbonyl (C=O) groups excluding carboxylic acids is 1. The Bertz CT molecular complexity index is 1510. The van der Waals surface area contributed by atoms with E-state index in [9.17, 15) is 13.6 Å². The van der Waals surface area contributed by atoms with Crippen molar-refractivity contribution < 1.29 is 13.6 Å². The first-order chi connectivity index (χ1) is 17.2. The van der Waals surface area contributed by atoms with Gasteiger partial charge in [0, 0.05) is 16.0 Å². The third-order valence-corrected chi connectivity index (χ3v) is 9.43. The number of aromatic nitrogens is 1. The molecule has 1 unspecified atom stereocenters. The maximum Gasteiger partial charge on any atom is 0.348 e. The number of carbonyl (C=O) groups is 1. The molecule has 5 rings (SSSR count). The van der Waals surface area contributed by atoms with Gasteiger partial charge in [0.15, 0.2) is 5.13 Å². The number of hydrogen-bond donors (Lipinski definition) is 2. The molecule has 2 heterocycles. The molecule has 1 amide bonds. The normalized spacial score (nSPS) is 14.4. The van der Waals surface area contributed by atoms with Gasteiger partial charge in [0.25, 0.3) is 0 Å². The van der Waals surface area contributed by atoms with Crippen molar-refractivity contribution in [2.45, 2.75) is 38.5 Å². The minimum absolute atomic E-state index is 0.0943. The zero-order valence-corrected chi connectivity index (χ0v) is 22.1. The third kappa shape index (κ3) is 4.59. The minimum atomic E-state index is -3.38. The largest absolute Gasteiger partial charge is 0.348 e. The van der Waals surface area contributed by atoms with Crippen LogP contribution in [0, 0.1) is 20.8 Å². The molecule has 184 valence electrons. The number of nitrogens with one attached hydrogen (secondary N) is 1. The Morgan fingerprint density at radius 2 is 1.78 bits per heavy atom. The fourth-order valence-electron chi connectivity index (χ4n) is 4.61. The molecule has 1 aromatic heterocycles. The number of aryl methyl sites for hydroxylation is 3. The molecule has 36 heavy (non-hydrogen) atoms. The highest BCUT2D eigenvalue weighted by atomic mass is 32.3. The summed E-state index contributed by atoms with van der Waals surface area (Å²) in [6, 6.07) is 21.0. The molecular weight excluding hydrogens is 490 g/mol. The van der Waals surface area contributed by atoms with Gasteiger partial charge in [-0.05, 0) is 66.3 Å². The fourth-order valence-corrected chi connectivity index (χ4v) is 7.23. The molecule has 1 atom stereocenters. The Hall–Kier alpha value is -3.33. The third-order valence-electron chi connectivity index (χ3n) is 6.54. The van der Waals surface area contributed by atoms with Crippen LogP contribution in [0.5, 0.6) is 0 Å². The summed E-state index contributed by atoms with van der Waals surface area (Å²) in [6.45, 7) is 6.31. The van der Waals surface area contributed by atoms with E-state index in [0.717, 1.165) is 44.1 Å². The van der Waals surface area contributed by atoms with Crippen LogP contribution in [0.2, 0.25) is 0 Å². The molecule has 6 nitrogen and oxygen atoms in total. The van der Waals surface area contributed by atoms with E-state index in [1.165, 1.54) is 11.3 Å². The predicted molar refractivity (Wildman–Crippen MR) is 147 cm³/mol. The van der Waals surface area contributed by atoms with E-state index in [4.69, 9.17) is 4.98 Å². The summed E-state index contributed by atoms with van der Waals surface area (Å²) in [5.74, 6) is -0.0943. The predicted octanol–water partition coefficient (Wildman–Crippen LogP) is 6.23. The number of thiazole rings is 1. The van der Waals surface area contributed by atoms with Crippen molar-refractivity contribution in [2.24, 2.45) is 0 Å². The maximum absolute atomic E-state index is 13.5. The molecule has 0 aliphatic carbocycles. The second-order valence-electron chi connectivity index (χ2n) is 9.03. The number of anilines is 2. The summed E-state index contributed by atoms with van der Waals surface area (Å²) in [7, 11) is -3.38. The molecule has 3 aromatic carbocycles. The lowest BCUT2D eigenvalue weighted by molar-refractivity contribution is -0.115. The van der Waals surface area contributed by atoms with Crippen LogP contribution in [0.1, 0.15) is 27.1 Å². The highest BCUT2D eigenvalue weighted by molar-refractivity contribution is 7.99. The van der Waals surface area contributed by atoms with E-state index in [2.05, 4.69) is 5.32 Å². The van der Waals surface area contributed by atoms with Crippen LogP contribution in [-0.4, -0.2) is 22.0 Å². The number of rotatable bonds is 6. The zero-order valence-electron chi connectivity index (χ0n) is 20.4. The minimum Gasteiger partial charge on any atom is -0.302 e. The monoisotopic (exact) mass is 518 g/mol. The molecule has 0 bridgehead atoms. The van der Waals surface area contributed by atoms with Crippen LogP contribution in [0.25, 0.3) is 11.3 Å². The Morgan fingerprint density at radius 3 is 2.53 bits per heavy atom. The first kappa shape index (κ1) is 24.4. The number of fused-ring (bicyclic) bond motifs is 1. The van der Waals surface area contributed by atoms with Crippen LogP contribution >= 0.6 is 11.3 Å². The quantitative estimate of drug-likeness (QED) is 0.297. The highest BCUT2D eigenvalue weighted by Gasteiger charge is 2.43. The molecule has 1 aliphatic rings. The van der Waals surface area contributed by atoms with E-state index >= 15 is 0 Å². The van der Waals surface area contributed by atoms with Gasteiger partial charge in [-0.2, -0.15) is 8.86 Å². The summed E-state index contributed by atoms with van der Waals surface area (Å²) < 4.78 is 26.1. The summed E-state index contributed by atoms with van der Waals surface area (Å²) in [5.41, 5.74) is 6.42. The fraction of sp³-hybridized carbons (Fsp3) is 0.214. The Labute approximate surface area is 216 Å². The van der Waals surface area contributed by atoms with E-state index in [1.54, 1.807) is 16.4 Å². The Balaban J connectivity index is 1.36. The first-order valence-corrected chi connectivity index (χ1v) is 14.1. The molecule has 0 spiro atoms. The molecular formula is C28H28N3O3S2+. The topological polar surface area (TPSA) is 82.5 Å². The number of benzene rings is 3. The Kier molecular flexibility index (Phi) is 6.51. The zero-order chi connectivity index (χ0) is 25.4. The smallest absolute Gasteiger partial charge is 0.302 e. The molecule has 4 aromatic rings. The van der Waals surface area contributed by atoms with Crippen LogP contribution in [0.4, 0.5) is 10.8 Å². The van der Waals surface area contributed by atoms with Gasteiger partial charge in [-0.15, -0.1) is 11.3 Å². The van der Waals surface area contributed by atoms with Crippen LogP contribution in [-0.2, 0) is 32.2 Å². The van der Waals surface area contributed by atoms with Crippen molar-refractivity contribution >= 4 is 38.5 Å². The van der Waals surface area contributed by atoms with Crippen LogP contribution < -0.4 is 9.62 Å². The van der Waals surface area contributed by atoms with Crippen LogP contribution in [0.15, 0.2) is 71.6 Å². The summed E-state index contributed by atoms with van der Waals surface area (Å²) >= 11 is 1.45. The maximum atomic E-state index is 13.5. The Morgan fingerprint density at radius 1 is 1.06 bits per heavy atom. The van der Waals surface area contributed by atoms with Gasteiger partial charge in [-0.25, -0.2) is 4.98 Å². The van der Waals surface area contributed by atoms with Gasteiger partial charge in [0.2, 0.25) is 10.8 Å². The molecule has 0 saturated carbocycles. The van der Waals surface area contributed by atoms with Crippen molar-refractivity contribution in [3.8, 4) is 11.3 Å². The lowest BCUT2D eigenvalue weighted by Gasteiger charge is -2.18. The van der Waals surface area contributed by atoms with Gasteiger partial charge < -0.3 is 5.32 Å². The molecule has 2 N–H and O–H groups in total. The van der Waals surface area contributed by atoms with Crippen LogP contribution in [0.3, 0.4) is 0 Å². The van der Waals surface area contributed by atoms with E-state index in [1.807, 2.05) is 75.4 Å². The van der Waals surface area contributed by atoms with Gasteiger partial charge in [0.1, 0.15) is 0 Å². The second-order valence-corrected chi connectivity index (χ2v) is 12.1. The van der Waals surface area contributed by atoms with Gasteiger partial charge in [-0.1, -0.05) is 48.5 Å². The number of hydrogen-bond acceptors (Lipinski definition) is 4. The SMILES string of the molecule is Cc1ccccc1CC(=O)Nc1nc(-c2ccc3c(c2)CCN3[S+](=O)(O)c2ccccc2C)c(C)s1. The first-order valence-electron chi connectivity index (χ1n) is 11.8. The lowest BCUT2D eigenvalue weighted by atomic mass is 10.1. The molecule has 0 saturated heterocycles. The average Bonchev–Trinajstić information content (AvgIpc) is 3.43. The second kappa shape index (κ2) is 9.61. The van der Waals surface area contributed by atoms with E-state index in [-0.39, 0.29) is 5.91 Å². The van der Waals surface area contributed by atoms with E-state index < -0.39 is 10.4 Å². The average molecular weight is 519 g/mol. The van der Waals surface area contributed by atoms with Gasteiger partial charge >= 0.3 is 10.4 Å². The molecule has 0 fully saturated rings.